The van der Waals surface area contributed by atoms with Crippen LogP contribution >= 0.6 is 0 Å². The van der Waals surface area contributed by atoms with Gasteiger partial charge in [-0.1, -0.05) is 6.92 Å². The van der Waals surface area contributed by atoms with E-state index in [1.165, 1.54) is 0 Å². The van der Waals surface area contributed by atoms with Gasteiger partial charge >= 0.3 is 0 Å². The first kappa shape index (κ1) is 24.8. The van der Waals surface area contributed by atoms with Crippen molar-refractivity contribution < 1.29 is 9.21 Å². The maximum atomic E-state index is 12.9. The molecule has 2 fully saturated rings. The number of aromatic nitrogens is 4. The molecular weight excluding hydrogens is 468 g/mol. The average Bonchev–Trinajstić information content (AvgIpc) is 3.38. The van der Waals surface area contributed by atoms with Crippen molar-refractivity contribution in [2.45, 2.75) is 52.1 Å². The highest BCUT2D eigenvalue weighted by Gasteiger charge is 2.35. The van der Waals surface area contributed by atoms with E-state index in [-0.39, 0.29) is 5.91 Å². The lowest BCUT2D eigenvalue weighted by Gasteiger charge is -2.47. The molecule has 0 aliphatic carbocycles. The Bertz CT molecular complexity index is 1290. The first-order chi connectivity index (χ1) is 18.0. The van der Waals surface area contributed by atoms with Crippen LogP contribution < -0.4 is 4.90 Å². The normalized spacial score (nSPS) is 19.1. The fourth-order valence-corrected chi connectivity index (χ4v) is 5.47. The molecule has 0 bridgehead atoms. The van der Waals surface area contributed by atoms with Gasteiger partial charge in [0.15, 0.2) is 0 Å². The first-order valence-corrected chi connectivity index (χ1v) is 12.9. The van der Waals surface area contributed by atoms with Crippen molar-refractivity contribution in [3.8, 4) is 17.7 Å². The van der Waals surface area contributed by atoms with E-state index in [0.717, 1.165) is 63.5 Å². The van der Waals surface area contributed by atoms with Crippen molar-refractivity contribution in [3.63, 3.8) is 0 Å². The number of likely N-dealkylation sites (tertiary alicyclic amines) is 1. The predicted molar refractivity (Wildman–Crippen MR) is 138 cm³/mol. The number of carbonyl (C=O) groups is 1. The summed E-state index contributed by atoms with van der Waals surface area (Å²) in [6.07, 6.45) is 4.70. The van der Waals surface area contributed by atoms with Crippen molar-refractivity contribution in [2.24, 2.45) is 0 Å². The Hall–Kier alpha value is -3.84. The molecule has 1 atom stereocenters. The minimum absolute atomic E-state index is 0.0491. The molecule has 4 heterocycles. The van der Waals surface area contributed by atoms with Crippen LogP contribution in [0.25, 0.3) is 11.6 Å². The van der Waals surface area contributed by atoms with Crippen molar-refractivity contribution in [1.82, 2.24) is 30.0 Å². The number of carbonyl (C=O) groups excluding carboxylic acids is 1. The third-order valence-electron chi connectivity index (χ3n) is 7.45. The lowest BCUT2D eigenvalue weighted by molar-refractivity contribution is 0.0490. The maximum absolute atomic E-state index is 12.9. The van der Waals surface area contributed by atoms with E-state index in [9.17, 15) is 4.79 Å². The number of nitriles is 1. The molecule has 0 saturated carbocycles. The highest BCUT2D eigenvalue weighted by molar-refractivity contribution is 5.94. The topological polar surface area (TPSA) is 115 Å². The van der Waals surface area contributed by atoms with Gasteiger partial charge in [0.05, 0.1) is 23.5 Å². The molecule has 5 rings (SSSR count). The lowest BCUT2D eigenvalue weighted by atomic mass is 9.97. The number of hydrogen-bond acceptors (Lipinski definition) is 9. The SMILES string of the molecule is CCC1CN(c2ncc(-c3nnc(C)o3)nc2C)CCN1C1CCN(C(=O)c2ccc(C#N)cc2)CC1. The van der Waals surface area contributed by atoms with Crippen LogP contribution in [0.15, 0.2) is 34.9 Å². The second-order valence-corrected chi connectivity index (χ2v) is 9.75. The molecule has 3 aromatic rings. The third kappa shape index (κ3) is 5.18. The molecule has 1 amide bonds. The first-order valence-electron chi connectivity index (χ1n) is 12.9. The summed E-state index contributed by atoms with van der Waals surface area (Å²) in [7, 11) is 0. The number of hydrogen-bond donors (Lipinski definition) is 0. The van der Waals surface area contributed by atoms with Gasteiger partial charge in [-0.3, -0.25) is 9.69 Å². The van der Waals surface area contributed by atoms with E-state index in [0.29, 0.717) is 40.7 Å². The number of rotatable bonds is 5. The van der Waals surface area contributed by atoms with Gasteiger partial charge in [-0.2, -0.15) is 5.26 Å². The number of piperazine rings is 1. The zero-order valence-corrected chi connectivity index (χ0v) is 21.6. The van der Waals surface area contributed by atoms with E-state index in [2.05, 4.69) is 38.0 Å². The third-order valence-corrected chi connectivity index (χ3v) is 7.45. The Morgan fingerprint density at radius 2 is 1.86 bits per heavy atom. The molecule has 0 spiro atoms. The Morgan fingerprint density at radius 1 is 1.11 bits per heavy atom. The highest BCUT2D eigenvalue weighted by atomic mass is 16.4. The molecule has 2 aliphatic rings. The fourth-order valence-electron chi connectivity index (χ4n) is 5.47. The Labute approximate surface area is 216 Å². The Balaban J connectivity index is 1.20. The summed E-state index contributed by atoms with van der Waals surface area (Å²) in [5.41, 5.74) is 2.66. The molecule has 10 nitrogen and oxygen atoms in total. The zero-order valence-electron chi connectivity index (χ0n) is 21.6. The molecule has 37 heavy (non-hydrogen) atoms. The van der Waals surface area contributed by atoms with E-state index < -0.39 is 0 Å². The maximum Gasteiger partial charge on any atom is 0.267 e. The highest BCUT2D eigenvalue weighted by Crippen LogP contribution is 2.28. The molecule has 1 aromatic carbocycles. The van der Waals surface area contributed by atoms with Gasteiger partial charge in [0.2, 0.25) is 5.89 Å². The fraction of sp³-hybridized carbons (Fsp3) is 0.481. The van der Waals surface area contributed by atoms with Crippen LogP contribution in [0.5, 0.6) is 0 Å². The van der Waals surface area contributed by atoms with Crippen LogP contribution in [0.2, 0.25) is 0 Å². The average molecular weight is 501 g/mol. The second kappa shape index (κ2) is 10.6. The Morgan fingerprint density at radius 3 is 2.49 bits per heavy atom. The van der Waals surface area contributed by atoms with E-state index in [1.807, 2.05) is 11.8 Å². The summed E-state index contributed by atoms with van der Waals surface area (Å²) in [6.45, 7) is 10.2. The van der Waals surface area contributed by atoms with E-state index in [4.69, 9.17) is 14.7 Å². The second-order valence-electron chi connectivity index (χ2n) is 9.75. The quantitative estimate of drug-likeness (QED) is 0.521. The number of aryl methyl sites for hydroxylation is 2. The zero-order chi connectivity index (χ0) is 25.9. The van der Waals surface area contributed by atoms with Crippen molar-refractivity contribution in [1.29, 1.82) is 5.26 Å². The lowest BCUT2D eigenvalue weighted by Crippen LogP contribution is -2.58. The summed E-state index contributed by atoms with van der Waals surface area (Å²) in [4.78, 5) is 29.3. The number of nitrogens with zero attached hydrogens (tertiary/aromatic N) is 8. The van der Waals surface area contributed by atoms with Gasteiger partial charge in [-0.25, -0.2) is 9.97 Å². The van der Waals surface area contributed by atoms with Gasteiger partial charge in [-0.15, -0.1) is 10.2 Å². The van der Waals surface area contributed by atoms with Crippen LogP contribution in [-0.4, -0.2) is 80.7 Å². The molecule has 10 heteroatoms. The smallest absolute Gasteiger partial charge is 0.267 e. The Kier molecular flexibility index (Phi) is 7.15. The number of piperidine rings is 1. The van der Waals surface area contributed by atoms with E-state index >= 15 is 0 Å². The molecule has 2 aromatic heterocycles. The molecule has 2 aliphatic heterocycles. The van der Waals surface area contributed by atoms with Crippen molar-refractivity contribution in [2.75, 3.05) is 37.6 Å². The summed E-state index contributed by atoms with van der Waals surface area (Å²) >= 11 is 0. The summed E-state index contributed by atoms with van der Waals surface area (Å²) in [6, 6.07) is 9.89. The monoisotopic (exact) mass is 500 g/mol. The van der Waals surface area contributed by atoms with Crippen LogP contribution in [0, 0.1) is 25.2 Å². The van der Waals surface area contributed by atoms with Gasteiger partial charge < -0.3 is 14.2 Å². The number of benzene rings is 1. The van der Waals surface area contributed by atoms with Crippen molar-refractivity contribution in [3.05, 3.63) is 53.2 Å². The molecule has 192 valence electrons. The van der Waals surface area contributed by atoms with Gasteiger partial charge in [0.1, 0.15) is 11.5 Å². The standard InChI is InChI=1S/C27H32N8O2/c1-4-22-17-34(25-18(2)30-24(16-29-25)26-32-31-19(3)37-26)13-14-35(22)23-9-11-33(12-10-23)27(36)21-7-5-20(15-28)6-8-21/h5-8,16,22-23H,4,9-14,17H2,1-3H3. The van der Waals surface area contributed by atoms with Gasteiger partial charge in [0, 0.05) is 57.3 Å². The van der Waals surface area contributed by atoms with Crippen LogP contribution in [0.1, 0.15) is 53.7 Å². The summed E-state index contributed by atoms with van der Waals surface area (Å²) in [5.74, 6) is 1.85. The minimum Gasteiger partial charge on any atom is -0.420 e. The number of amides is 1. The predicted octanol–water partition coefficient (Wildman–Crippen LogP) is 3.22. The van der Waals surface area contributed by atoms with E-state index in [1.54, 1.807) is 37.4 Å². The van der Waals surface area contributed by atoms with Crippen LogP contribution in [-0.2, 0) is 0 Å². The van der Waals surface area contributed by atoms with Gasteiger partial charge in [0.25, 0.3) is 11.8 Å². The summed E-state index contributed by atoms with van der Waals surface area (Å²) < 4.78 is 5.50. The molecule has 1 unspecified atom stereocenters. The molecular formula is C27H32N8O2. The van der Waals surface area contributed by atoms with Crippen molar-refractivity contribution >= 4 is 11.7 Å². The van der Waals surface area contributed by atoms with Crippen LogP contribution in [0.4, 0.5) is 5.82 Å². The molecule has 0 N–H and O–H groups in total. The summed E-state index contributed by atoms with van der Waals surface area (Å²) in [5, 5.41) is 16.9. The largest absolute Gasteiger partial charge is 0.420 e. The number of anilines is 1. The molecule has 2 saturated heterocycles. The molecule has 0 radical (unpaired) electrons. The van der Waals surface area contributed by atoms with Crippen LogP contribution in [0.3, 0.4) is 0 Å². The van der Waals surface area contributed by atoms with Gasteiger partial charge in [-0.05, 0) is 50.5 Å². The minimum atomic E-state index is 0.0491.